The quantitative estimate of drug-likeness (QED) is 0.729. The zero-order chi connectivity index (χ0) is 22.4. The van der Waals surface area contributed by atoms with E-state index in [2.05, 4.69) is 10.3 Å². The van der Waals surface area contributed by atoms with Crippen molar-refractivity contribution in [2.24, 2.45) is 0 Å². The lowest BCUT2D eigenvalue weighted by Crippen LogP contribution is -2.45. The summed E-state index contributed by atoms with van der Waals surface area (Å²) in [6, 6.07) is 7.23. The highest BCUT2D eigenvalue weighted by Gasteiger charge is 2.44. The van der Waals surface area contributed by atoms with Crippen molar-refractivity contribution < 1.29 is 13.2 Å². The summed E-state index contributed by atoms with van der Waals surface area (Å²) in [6.07, 6.45) is 5.05. The molecule has 1 aromatic heterocycles. The van der Waals surface area contributed by atoms with E-state index in [1.54, 1.807) is 40.7 Å². The Morgan fingerprint density at radius 1 is 1.26 bits per heavy atom. The highest BCUT2D eigenvalue weighted by atomic mass is 35.5. The van der Waals surface area contributed by atoms with E-state index < -0.39 is 15.6 Å². The third kappa shape index (κ3) is 4.04. The number of hydrogen-bond acceptors (Lipinski definition) is 5. The number of piperidine rings is 1. The van der Waals surface area contributed by atoms with Gasteiger partial charge in [0.05, 0.1) is 35.1 Å². The number of nitrogens with zero attached hydrogens (tertiary/aromatic N) is 3. The van der Waals surface area contributed by atoms with Crippen molar-refractivity contribution in [1.82, 2.24) is 9.29 Å². The zero-order valence-corrected chi connectivity index (χ0v) is 19.5. The van der Waals surface area contributed by atoms with Gasteiger partial charge in [-0.3, -0.25) is 14.7 Å². The van der Waals surface area contributed by atoms with Gasteiger partial charge in [-0.15, -0.1) is 0 Å². The fraction of sp³-hybridized carbons (Fsp3) is 0.455. The standard InChI is InChI=1S/C22H27ClN4O3S/c1-4-31(29,30)26-9-5-6-16(14-26)25-17-11-18(13-24-12-17)27-21(28)19-8-7-15(23)10-20(19)22(27,2)3/h7-8,10-13,16,25H,4-6,9,14H2,1-3H3/t16-/m1/s1. The number of carbonyl (C=O) groups is 1. The maximum Gasteiger partial charge on any atom is 0.259 e. The lowest BCUT2D eigenvalue weighted by Gasteiger charge is -2.34. The number of halogens is 1. The molecule has 2 aliphatic rings. The van der Waals surface area contributed by atoms with Crippen LogP contribution >= 0.6 is 11.6 Å². The summed E-state index contributed by atoms with van der Waals surface area (Å²) in [5, 5.41) is 4.01. The first-order chi connectivity index (χ1) is 14.6. The monoisotopic (exact) mass is 462 g/mol. The molecule has 4 rings (SSSR count). The summed E-state index contributed by atoms with van der Waals surface area (Å²) in [5.74, 6) is 0.0153. The zero-order valence-electron chi connectivity index (χ0n) is 17.9. The second-order valence-corrected chi connectivity index (χ2v) is 11.3. The third-order valence-corrected chi connectivity index (χ3v) is 8.21. The maximum atomic E-state index is 13.2. The molecule has 1 aromatic carbocycles. The Morgan fingerprint density at radius 2 is 2.03 bits per heavy atom. The molecule has 0 aliphatic carbocycles. The lowest BCUT2D eigenvalue weighted by molar-refractivity contribution is 0.0982. The smallest absolute Gasteiger partial charge is 0.259 e. The number of sulfonamides is 1. The summed E-state index contributed by atoms with van der Waals surface area (Å²) in [7, 11) is -3.21. The number of carbonyl (C=O) groups excluding carboxylic acids is 1. The molecule has 2 aliphatic heterocycles. The molecule has 3 heterocycles. The van der Waals surface area contributed by atoms with Gasteiger partial charge in [0.15, 0.2) is 0 Å². The number of nitrogens with one attached hydrogen (secondary N) is 1. The van der Waals surface area contributed by atoms with Crippen molar-refractivity contribution in [2.45, 2.75) is 45.2 Å². The first-order valence-corrected chi connectivity index (χ1v) is 12.5. The number of pyridine rings is 1. The predicted molar refractivity (Wildman–Crippen MR) is 123 cm³/mol. The van der Waals surface area contributed by atoms with E-state index in [1.807, 2.05) is 26.0 Å². The van der Waals surface area contributed by atoms with Crippen molar-refractivity contribution in [3.8, 4) is 0 Å². The molecule has 7 nitrogen and oxygen atoms in total. The van der Waals surface area contributed by atoms with Crippen LogP contribution in [0.4, 0.5) is 11.4 Å². The van der Waals surface area contributed by atoms with Crippen LogP contribution in [0.25, 0.3) is 0 Å². The topological polar surface area (TPSA) is 82.6 Å². The molecule has 1 atom stereocenters. The van der Waals surface area contributed by atoms with Gasteiger partial charge >= 0.3 is 0 Å². The molecule has 1 N–H and O–H groups in total. The Hall–Kier alpha value is -2.16. The van der Waals surface area contributed by atoms with Gasteiger partial charge in [-0.25, -0.2) is 8.42 Å². The summed E-state index contributed by atoms with van der Waals surface area (Å²) in [6.45, 7) is 6.63. The number of fused-ring (bicyclic) bond motifs is 1. The maximum absolute atomic E-state index is 13.2. The third-order valence-electron chi connectivity index (χ3n) is 6.13. The van der Waals surface area contributed by atoms with Crippen LogP contribution in [-0.4, -0.2) is 48.5 Å². The molecule has 0 bridgehead atoms. The molecule has 9 heteroatoms. The van der Waals surface area contributed by atoms with Gasteiger partial charge < -0.3 is 5.32 Å². The van der Waals surface area contributed by atoms with Gasteiger partial charge in [-0.05, 0) is 63.4 Å². The first kappa shape index (κ1) is 22.0. The molecular weight excluding hydrogens is 436 g/mol. The fourth-order valence-electron chi connectivity index (χ4n) is 4.50. The van der Waals surface area contributed by atoms with Gasteiger partial charge in [-0.2, -0.15) is 4.31 Å². The Bertz CT molecular complexity index is 1120. The van der Waals surface area contributed by atoms with Gasteiger partial charge in [0.1, 0.15) is 0 Å². The summed E-state index contributed by atoms with van der Waals surface area (Å²) >= 11 is 6.18. The van der Waals surface area contributed by atoms with E-state index in [0.717, 1.165) is 24.1 Å². The Labute approximate surface area is 188 Å². The van der Waals surface area contributed by atoms with E-state index in [-0.39, 0.29) is 17.7 Å². The Balaban J connectivity index is 1.58. The molecule has 0 spiro atoms. The Morgan fingerprint density at radius 3 is 2.77 bits per heavy atom. The molecule has 31 heavy (non-hydrogen) atoms. The minimum Gasteiger partial charge on any atom is -0.380 e. The van der Waals surface area contributed by atoms with E-state index >= 15 is 0 Å². The van der Waals surface area contributed by atoms with Crippen LogP contribution in [0.15, 0.2) is 36.7 Å². The molecule has 0 radical (unpaired) electrons. The van der Waals surface area contributed by atoms with Gasteiger partial charge in [0.2, 0.25) is 10.0 Å². The van der Waals surface area contributed by atoms with E-state index in [1.165, 1.54) is 0 Å². The minimum atomic E-state index is -3.21. The van der Waals surface area contributed by atoms with Crippen LogP contribution in [0.2, 0.25) is 5.02 Å². The minimum absolute atomic E-state index is 0.00887. The van der Waals surface area contributed by atoms with Crippen LogP contribution in [0.5, 0.6) is 0 Å². The second kappa shape index (κ2) is 8.07. The molecule has 166 valence electrons. The molecular formula is C22H27ClN4O3S. The van der Waals surface area contributed by atoms with E-state index in [9.17, 15) is 13.2 Å². The largest absolute Gasteiger partial charge is 0.380 e. The number of benzene rings is 1. The van der Waals surface area contributed by atoms with Crippen molar-refractivity contribution in [3.63, 3.8) is 0 Å². The molecule has 1 saturated heterocycles. The number of anilines is 2. The molecule has 2 aromatic rings. The van der Waals surface area contributed by atoms with E-state index in [0.29, 0.717) is 29.4 Å². The van der Waals surface area contributed by atoms with Crippen molar-refractivity contribution in [2.75, 3.05) is 29.1 Å². The van der Waals surface area contributed by atoms with Crippen LogP contribution in [0.1, 0.15) is 49.5 Å². The SMILES string of the molecule is CCS(=O)(=O)N1CCC[C@@H](Nc2cncc(N3C(=O)c4ccc(Cl)cc4C3(C)C)c2)C1. The average Bonchev–Trinajstić information content (AvgIpc) is 2.93. The van der Waals surface area contributed by atoms with Crippen molar-refractivity contribution in [1.29, 1.82) is 0 Å². The summed E-state index contributed by atoms with van der Waals surface area (Å²) in [5.41, 5.74) is 2.39. The normalized spacial score (nSPS) is 21.2. The average molecular weight is 463 g/mol. The van der Waals surface area contributed by atoms with E-state index in [4.69, 9.17) is 11.6 Å². The van der Waals surface area contributed by atoms with Crippen LogP contribution in [-0.2, 0) is 15.6 Å². The molecule has 0 unspecified atom stereocenters. The van der Waals surface area contributed by atoms with Gasteiger partial charge in [0.25, 0.3) is 5.91 Å². The highest BCUT2D eigenvalue weighted by molar-refractivity contribution is 7.89. The number of aromatic nitrogens is 1. The predicted octanol–water partition coefficient (Wildman–Crippen LogP) is 3.86. The van der Waals surface area contributed by atoms with Crippen LogP contribution < -0.4 is 10.2 Å². The first-order valence-electron chi connectivity index (χ1n) is 10.5. The number of amides is 1. The summed E-state index contributed by atoms with van der Waals surface area (Å²) in [4.78, 5) is 19.3. The lowest BCUT2D eigenvalue weighted by atomic mass is 9.93. The fourth-order valence-corrected chi connectivity index (χ4v) is 5.86. The van der Waals surface area contributed by atoms with Gasteiger partial charge in [-0.1, -0.05) is 11.6 Å². The van der Waals surface area contributed by atoms with Crippen molar-refractivity contribution >= 4 is 38.9 Å². The molecule has 0 saturated carbocycles. The highest BCUT2D eigenvalue weighted by Crippen LogP contribution is 2.43. The second-order valence-electron chi connectivity index (χ2n) is 8.56. The number of rotatable bonds is 5. The van der Waals surface area contributed by atoms with Gasteiger partial charge in [0, 0.05) is 29.7 Å². The molecule has 1 amide bonds. The van der Waals surface area contributed by atoms with Crippen LogP contribution in [0.3, 0.4) is 0 Å². The summed E-state index contributed by atoms with van der Waals surface area (Å²) < 4.78 is 26.1. The van der Waals surface area contributed by atoms with Crippen LogP contribution in [0, 0.1) is 0 Å². The Kier molecular flexibility index (Phi) is 5.74. The van der Waals surface area contributed by atoms with Crippen molar-refractivity contribution in [3.05, 3.63) is 52.8 Å². The number of hydrogen-bond donors (Lipinski definition) is 1. The molecule has 1 fully saturated rings.